The van der Waals surface area contributed by atoms with Crippen LogP contribution in [0.1, 0.15) is 51.3 Å². The molecule has 1 aliphatic rings. The average Bonchev–Trinajstić information content (AvgIpc) is 3.18. The fourth-order valence-corrected chi connectivity index (χ4v) is 5.12. The summed E-state index contributed by atoms with van der Waals surface area (Å²) in [5.41, 5.74) is 2.28. The molecule has 1 aliphatic heterocycles. The van der Waals surface area contributed by atoms with E-state index in [1.807, 2.05) is 68.5 Å². The van der Waals surface area contributed by atoms with Crippen LogP contribution in [-0.2, 0) is 9.53 Å². The van der Waals surface area contributed by atoms with Crippen LogP contribution in [0.2, 0.25) is 0 Å². The third-order valence-corrected chi connectivity index (χ3v) is 6.99. The molecular weight excluding hydrogens is 476 g/mol. The smallest absolute Gasteiger partial charge is 0.338 e. The fraction of sp³-hybridized carbons (Fsp3) is 0.321. The maximum Gasteiger partial charge on any atom is 0.338 e. The lowest BCUT2D eigenvalue weighted by Gasteiger charge is -2.24. The van der Waals surface area contributed by atoms with Crippen molar-refractivity contribution in [3.05, 3.63) is 90.6 Å². The molecule has 2 aromatic carbocycles. The summed E-state index contributed by atoms with van der Waals surface area (Å²) in [5, 5.41) is 0. The summed E-state index contributed by atoms with van der Waals surface area (Å²) < 4.78 is 18.9. The van der Waals surface area contributed by atoms with Crippen LogP contribution in [0, 0.1) is 0 Å². The first-order valence-corrected chi connectivity index (χ1v) is 12.8. The Kier molecular flexibility index (Phi) is 7.74. The van der Waals surface area contributed by atoms with E-state index in [-0.39, 0.29) is 11.7 Å². The number of aromatic nitrogens is 1. The molecule has 3 aromatic rings. The molecule has 188 valence electrons. The summed E-state index contributed by atoms with van der Waals surface area (Å²) in [6.07, 6.45) is 2.76. The van der Waals surface area contributed by atoms with E-state index in [4.69, 9.17) is 14.2 Å². The summed E-state index contributed by atoms with van der Waals surface area (Å²) in [6, 6.07) is 14.5. The van der Waals surface area contributed by atoms with Gasteiger partial charge in [0.25, 0.3) is 5.56 Å². The fourth-order valence-electron chi connectivity index (χ4n) is 4.07. The summed E-state index contributed by atoms with van der Waals surface area (Å²) in [4.78, 5) is 31.5. The second-order valence-corrected chi connectivity index (χ2v) is 9.47. The van der Waals surface area contributed by atoms with Crippen molar-refractivity contribution >= 4 is 23.4 Å². The largest absolute Gasteiger partial charge is 0.490 e. The highest BCUT2D eigenvalue weighted by atomic mass is 32.1. The highest BCUT2D eigenvalue weighted by Gasteiger charge is 2.32. The van der Waals surface area contributed by atoms with Crippen LogP contribution in [0.3, 0.4) is 0 Å². The van der Waals surface area contributed by atoms with Gasteiger partial charge >= 0.3 is 5.97 Å². The number of ether oxygens (including phenoxy) is 3. The van der Waals surface area contributed by atoms with Crippen LogP contribution >= 0.6 is 11.3 Å². The van der Waals surface area contributed by atoms with Crippen molar-refractivity contribution in [2.75, 3.05) is 13.7 Å². The molecule has 7 nitrogen and oxygen atoms in total. The lowest BCUT2D eigenvalue weighted by Crippen LogP contribution is -2.39. The van der Waals surface area contributed by atoms with E-state index in [9.17, 15) is 9.59 Å². The standard InChI is InChI=1S/C28H30N2O5S/c1-6-17(3)35-21-14-13-19(15-22(21)34-7-2)16-23-26(31)30-25(20-11-9-8-10-12-20)24(27(32)33-5)18(4)29-28(30)36-23/h8-17,25H,6-7H2,1-5H3/b23-16-/t17-,25+/m0/s1. The van der Waals surface area contributed by atoms with E-state index in [2.05, 4.69) is 11.9 Å². The highest BCUT2D eigenvalue weighted by molar-refractivity contribution is 7.07. The first kappa shape index (κ1) is 25.4. The summed E-state index contributed by atoms with van der Waals surface area (Å²) in [7, 11) is 1.33. The number of hydrogen-bond acceptors (Lipinski definition) is 7. The molecule has 0 aliphatic carbocycles. The Bertz CT molecular complexity index is 1470. The van der Waals surface area contributed by atoms with Crippen LogP contribution in [0.4, 0.5) is 0 Å². The van der Waals surface area contributed by atoms with Gasteiger partial charge in [0.15, 0.2) is 16.3 Å². The predicted molar refractivity (Wildman–Crippen MR) is 140 cm³/mol. The van der Waals surface area contributed by atoms with Crippen LogP contribution < -0.4 is 24.4 Å². The van der Waals surface area contributed by atoms with Crippen molar-refractivity contribution in [1.82, 2.24) is 4.57 Å². The normalized spacial score (nSPS) is 16.2. The molecule has 0 amide bonds. The number of thiazole rings is 1. The van der Waals surface area contributed by atoms with E-state index in [1.54, 1.807) is 11.5 Å². The van der Waals surface area contributed by atoms with E-state index in [0.717, 1.165) is 17.5 Å². The van der Waals surface area contributed by atoms with E-state index in [0.29, 0.717) is 38.7 Å². The molecule has 8 heteroatoms. The van der Waals surface area contributed by atoms with Crippen molar-refractivity contribution in [3.8, 4) is 11.5 Å². The molecule has 2 heterocycles. The predicted octanol–water partition coefficient (Wildman–Crippen LogP) is 3.98. The van der Waals surface area contributed by atoms with Gasteiger partial charge in [-0.1, -0.05) is 54.7 Å². The number of benzene rings is 2. The Hall–Kier alpha value is -3.65. The lowest BCUT2D eigenvalue weighted by atomic mass is 9.96. The maximum atomic E-state index is 13.7. The number of esters is 1. The minimum Gasteiger partial charge on any atom is -0.490 e. The van der Waals surface area contributed by atoms with Gasteiger partial charge in [0, 0.05) is 0 Å². The van der Waals surface area contributed by atoms with Crippen molar-refractivity contribution < 1.29 is 19.0 Å². The maximum absolute atomic E-state index is 13.7. The van der Waals surface area contributed by atoms with Crippen molar-refractivity contribution in [2.45, 2.75) is 46.3 Å². The Labute approximate surface area is 214 Å². The highest BCUT2D eigenvalue weighted by Crippen LogP contribution is 2.31. The molecule has 0 saturated heterocycles. The van der Waals surface area contributed by atoms with E-state index < -0.39 is 12.0 Å². The molecular formula is C28H30N2O5S. The number of carbonyl (C=O) groups excluding carboxylic acids is 1. The lowest BCUT2D eigenvalue weighted by molar-refractivity contribution is -0.136. The molecule has 1 aromatic heterocycles. The van der Waals surface area contributed by atoms with Gasteiger partial charge in [-0.2, -0.15) is 0 Å². The van der Waals surface area contributed by atoms with E-state index in [1.165, 1.54) is 18.4 Å². The van der Waals surface area contributed by atoms with Gasteiger partial charge < -0.3 is 14.2 Å². The molecule has 0 saturated carbocycles. The van der Waals surface area contributed by atoms with Crippen molar-refractivity contribution in [3.63, 3.8) is 0 Å². The molecule has 4 rings (SSSR count). The van der Waals surface area contributed by atoms with Gasteiger partial charge in [-0.15, -0.1) is 0 Å². The monoisotopic (exact) mass is 506 g/mol. The number of methoxy groups -OCH3 is 1. The number of fused-ring (bicyclic) bond motifs is 1. The first-order chi connectivity index (χ1) is 17.4. The molecule has 0 spiro atoms. The minimum absolute atomic E-state index is 0.0592. The van der Waals surface area contributed by atoms with Gasteiger partial charge in [-0.25, -0.2) is 9.79 Å². The Morgan fingerprint density at radius 3 is 2.58 bits per heavy atom. The summed E-state index contributed by atoms with van der Waals surface area (Å²) in [5.74, 6) is 0.801. The first-order valence-electron chi connectivity index (χ1n) is 12.0. The number of allylic oxidation sites excluding steroid dienone is 1. The number of carbonyl (C=O) groups is 1. The van der Waals surface area contributed by atoms with Gasteiger partial charge in [0.2, 0.25) is 0 Å². The van der Waals surface area contributed by atoms with Gasteiger partial charge in [-0.3, -0.25) is 9.36 Å². The van der Waals surface area contributed by atoms with Crippen LogP contribution in [0.5, 0.6) is 11.5 Å². The zero-order valence-corrected chi connectivity index (χ0v) is 21.9. The summed E-state index contributed by atoms with van der Waals surface area (Å²) in [6.45, 7) is 8.26. The molecule has 0 bridgehead atoms. The number of nitrogens with zero attached hydrogens (tertiary/aromatic N) is 2. The number of rotatable bonds is 8. The average molecular weight is 507 g/mol. The van der Waals surface area contributed by atoms with Crippen molar-refractivity contribution in [1.29, 1.82) is 0 Å². The molecule has 36 heavy (non-hydrogen) atoms. The Morgan fingerprint density at radius 2 is 1.92 bits per heavy atom. The zero-order valence-electron chi connectivity index (χ0n) is 21.1. The third-order valence-electron chi connectivity index (χ3n) is 6.01. The zero-order chi connectivity index (χ0) is 25.8. The van der Waals surface area contributed by atoms with Gasteiger partial charge in [0.1, 0.15) is 0 Å². The molecule has 2 atom stereocenters. The summed E-state index contributed by atoms with van der Waals surface area (Å²) >= 11 is 1.29. The molecule has 0 N–H and O–H groups in total. The number of hydrogen-bond donors (Lipinski definition) is 0. The quantitative estimate of drug-likeness (QED) is 0.432. The Morgan fingerprint density at radius 1 is 1.17 bits per heavy atom. The second-order valence-electron chi connectivity index (χ2n) is 8.46. The van der Waals surface area contributed by atoms with Crippen molar-refractivity contribution in [2.24, 2.45) is 4.99 Å². The van der Waals surface area contributed by atoms with Gasteiger partial charge in [0.05, 0.1) is 41.7 Å². The van der Waals surface area contributed by atoms with Gasteiger partial charge in [-0.05, 0) is 56.5 Å². The third kappa shape index (κ3) is 4.99. The molecule has 0 unspecified atom stereocenters. The van der Waals surface area contributed by atoms with Crippen LogP contribution in [-0.4, -0.2) is 30.4 Å². The SMILES string of the molecule is CCOc1cc(/C=c2\sc3n(c2=O)[C@H](c2ccccc2)C(C(=O)OC)=C(C)N=3)ccc1O[C@@H](C)CC. The Balaban J connectivity index is 1.85. The topological polar surface area (TPSA) is 79.1 Å². The minimum atomic E-state index is -0.623. The van der Waals surface area contributed by atoms with Crippen LogP contribution in [0.25, 0.3) is 6.08 Å². The van der Waals surface area contributed by atoms with Crippen LogP contribution in [0.15, 0.2) is 69.6 Å². The molecule has 0 fully saturated rings. The second kappa shape index (κ2) is 11.0. The molecule has 0 radical (unpaired) electrons. The van der Waals surface area contributed by atoms with E-state index >= 15 is 0 Å².